The lowest BCUT2D eigenvalue weighted by molar-refractivity contribution is -0.129. The van der Waals surface area contributed by atoms with E-state index in [1.165, 1.54) is 0 Å². The summed E-state index contributed by atoms with van der Waals surface area (Å²) < 4.78 is 5.35. The Hall–Kier alpha value is -2.74. The highest BCUT2D eigenvalue weighted by molar-refractivity contribution is 5.80. The van der Waals surface area contributed by atoms with E-state index in [9.17, 15) is 4.79 Å². The molecule has 0 aromatic carbocycles. The highest BCUT2D eigenvalue weighted by atomic mass is 16.5. The summed E-state index contributed by atoms with van der Waals surface area (Å²) in [6.45, 7) is 3.57. The first-order valence-corrected chi connectivity index (χ1v) is 8.37. The van der Waals surface area contributed by atoms with Gasteiger partial charge in [0.2, 0.25) is 5.91 Å². The second-order valence-electron chi connectivity index (χ2n) is 5.75. The number of carbonyl (C=O) groups excluding carboxylic acids is 1. The van der Waals surface area contributed by atoms with Crippen LogP contribution in [0.15, 0.2) is 30.5 Å². The smallest absolute Gasteiger partial charge is 0.249 e. The van der Waals surface area contributed by atoms with Gasteiger partial charge in [-0.25, -0.2) is 15.0 Å². The van der Waals surface area contributed by atoms with Gasteiger partial charge < -0.3 is 20.7 Å². The lowest BCUT2D eigenvalue weighted by Crippen LogP contribution is -2.36. The van der Waals surface area contributed by atoms with Crippen molar-refractivity contribution in [2.45, 2.75) is 25.9 Å². The van der Waals surface area contributed by atoms with Crippen LogP contribution in [0.4, 0.5) is 17.5 Å². The molecule has 2 aromatic heterocycles. The molecule has 1 aliphatic heterocycles. The highest BCUT2D eigenvalue weighted by Crippen LogP contribution is 2.15. The third kappa shape index (κ3) is 5.12. The zero-order valence-corrected chi connectivity index (χ0v) is 14.2. The minimum atomic E-state index is -0.296. The van der Waals surface area contributed by atoms with Crippen LogP contribution in [0.1, 0.15) is 18.7 Å². The average molecular weight is 342 g/mol. The number of ether oxygens (including phenoxy) is 1. The van der Waals surface area contributed by atoms with Crippen LogP contribution in [-0.4, -0.2) is 46.7 Å². The molecule has 0 saturated carbocycles. The van der Waals surface area contributed by atoms with Crippen LogP contribution in [0.2, 0.25) is 0 Å². The van der Waals surface area contributed by atoms with E-state index in [2.05, 4.69) is 30.9 Å². The van der Waals surface area contributed by atoms with E-state index < -0.39 is 0 Å². The van der Waals surface area contributed by atoms with Crippen molar-refractivity contribution < 1.29 is 9.53 Å². The van der Waals surface area contributed by atoms with Gasteiger partial charge in [-0.3, -0.25) is 4.79 Å². The molecule has 1 amide bonds. The molecule has 8 heteroatoms. The molecule has 0 radical (unpaired) electrons. The number of rotatable bonds is 7. The number of amides is 1. The maximum atomic E-state index is 11.9. The van der Waals surface area contributed by atoms with Crippen molar-refractivity contribution >= 4 is 23.4 Å². The van der Waals surface area contributed by atoms with E-state index >= 15 is 0 Å². The number of aromatic nitrogens is 3. The third-order valence-corrected chi connectivity index (χ3v) is 3.71. The van der Waals surface area contributed by atoms with Crippen LogP contribution in [0, 0.1) is 6.92 Å². The molecule has 0 aliphatic carbocycles. The molecular formula is C17H22N6O2. The maximum Gasteiger partial charge on any atom is 0.249 e. The predicted molar refractivity (Wildman–Crippen MR) is 94.8 cm³/mol. The third-order valence-electron chi connectivity index (χ3n) is 3.71. The number of pyridine rings is 1. The van der Waals surface area contributed by atoms with Crippen LogP contribution >= 0.6 is 0 Å². The van der Waals surface area contributed by atoms with E-state index in [-0.39, 0.29) is 12.0 Å². The van der Waals surface area contributed by atoms with Crippen molar-refractivity contribution in [2.75, 3.05) is 30.3 Å². The predicted octanol–water partition coefficient (Wildman–Crippen LogP) is 1.63. The van der Waals surface area contributed by atoms with Crippen molar-refractivity contribution in [1.29, 1.82) is 0 Å². The van der Waals surface area contributed by atoms with Crippen molar-refractivity contribution in [1.82, 2.24) is 20.3 Å². The summed E-state index contributed by atoms with van der Waals surface area (Å²) in [4.78, 5) is 24.8. The molecule has 1 fully saturated rings. The second kappa shape index (κ2) is 8.39. The Balaban J connectivity index is 1.49. The van der Waals surface area contributed by atoms with E-state index in [1.54, 1.807) is 6.20 Å². The fraction of sp³-hybridized carbons (Fsp3) is 0.412. The van der Waals surface area contributed by atoms with Crippen LogP contribution in [-0.2, 0) is 9.53 Å². The van der Waals surface area contributed by atoms with Gasteiger partial charge in [0.15, 0.2) is 0 Å². The molecule has 25 heavy (non-hydrogen) atoms. The highest BCUT2D eigenvalue weighted by Gasteiger charge is 2.22. The quantitative estimate of drug-likeness (QED) is 0.657. The van der Waals surface area contributed by atoms with Gasteiger partial charge in [0.25, 0.3) is 0 Å². The summed E-state index contributed by atoms with van der Waals surface area (Å²) in [6.07, 6.45) is 3.16. The average Bonchev–Trinajstić information content (AvgIpc) is 3.14. The van der Waals surface area contributed by atoms with E-state index in [1.807, 2.05) is 31.2 Å². The summed E-state index contributed by atoms with van der Waals surface area (Å²) in [7, 11) is 0. The van der Waals surface area contributed by atoms with Gasteiger partial charge >= 0.3 is 0 Å². The second-order valence-corrected chi connectivity index (χ2v) is 5.75. The minimum Gasteiger partial charge on any atom is -0.368 e. The Morgan fingerprint density at radius 1 is 1.24 bits per heavy atom. The normalized spacial score (nSPS) is 16.4. The number of nitrogens with one attached hydrogen (secondary N) is 3. The zero-order chi connectivity index (χ0) is 17.5. The van der Waals surface area contributed by atoms with Gasteiger partial charge in [0.05, 0.1) is 0 Å². The molecule has 2 aromatic rings. The van der Waals surface area contributed by atoms with Crippen LogP contribution in [0.25, 0.3) is 0 Å². The monoisotopic (exact) mass is 342 g/mol. The van der Waals surface area contributed by atoms with E-state index in [0.29, 0.717) is 37.2 Å². The Labute approximate surface area is 146 Å². The summed E-state index contributed by atoms with van der Waals surface area (Å²) >= 11 is 0. The molecule has 0 bridgehead atoms. The number of carbonyl (C=O) groups is 1. The summed E-state index contributed by atoms with van der Waals surface area (Å²) in [6, 6.07) is 7.43. The minimum absolute atomic E-state index is 0.0457. The summed E-state index contributed by atoms with van der Waals surface area (Å²) in [5.41, 5.74) is 0. The molecule has 0 unspecified atom stereocenters. The molecule has 3 heterocycles. The molecule has 0 spiro atoms. The number of anilines is 3. The van der Waals surface area contributed by atoms with Crippen LogP contribution in [0.5, 0.6) is 0 Å². The Bertz CT molecular complexity index is 704. The summed E-state index contributed by atoms with van der Waals surface area (Å²) in [5, 5.41) is 9.20. The topological polar surface area (TPSA) is 101 Å². The summed E-state index contributed by atoms with van der Waals surface area (Å²) in [5.74, 6) is 2.67. The Kier molecular flexibility index (Phi) is 5.73. The fourth-order valence-corrected chi connectivity index (χ4v) is 2.56. The van der Waals surface area contributed by atoms with Crippen molar-refractivity contribution in [3.05, 3.63) is 36.3 Å². The largest absolute Gasteiger partial charge is 0.368 e. The fourth-order valence-electron chi connectivity index (χ4n) is 2.56. The Morgan fingerprint density at radius 3 is 2.88 bits per heavy atom. The van der Waals surface area contributed by atoms with Gasteiger partial charge in [-0.05, 0) is 31.9 Å². The van der Waals surface area contributed by atoms with Crippen molar-refractivity contribution in [3.63, 3.8) is 0 Å². The maximum absolute atomic E-state index is 11.9. The molecule has 1 saturated heterocycles. The number of nitrogens with zero attached hydrogens (tertiary/aromatic N) is 3. The van der Waals surface area contributed by atoms with Gasteiger partial charge in [-0.2, -0.15) is 0 Å². The molecule has 1 atom stereocenters. The molecule has 3 N–H and O–H groups in total. The standard InChI is InChI=1S/C17H22N6O2/c1-12-21-15(11-16(22-12)23-14-6-2-3-7-18-14)19-8-9-20-17(24)13-5-4-10-25-13/h2-3,6-7,11,13H,4-5,8-10H2,1H3,(H,20,24)(H2,18,19,21,22,23)/t13-/m0/s1. The lowest BCUT2D eigenvalue weighted by atomic mass is 10.2. The van der Waals surface area contributed by atoms with E-state index in [0.717, 1.165) is 18.7 Å². The number of hydrogen-bond acceptors (Lipinski definition) is 7. The van der Waals surface area contributed by atoms with Crippen molar-refractivity contribution in [3.8, 4) is 0 Å². The SMILES string of the molecule is Cc1nc(NCCNC(=O)[C@@H]2CCCO2)cc(Nc2ccccn2)n1. The lowest BCUT2D eigenvalue weighted by Gasteiger charge is -2.12. The van der Waals surface area contributed by atoms with Crippen molar-refractivity contribution in [2.24, 2.45) is 0 Å². The first kappa shape index (κ1) is 17.1. The van der Waals surface area contributed by atoms with Gasteiger partial charge in [0.1, 0.15) is 29.4 Å². The molecule has 3 rings (SSSR count). The molecule has 1 aliphatic rings. The first-order valence-electron chi connectivity index (χ1n) is 8.37. The Morgan fingerprint density at radius 2 is 2.12 bits per heavy atom. The van der Waals surface area contributed by atoms with Gasteiger partial charge in [0, 0.05) is 32.0 Å². The zero-order valence-electron chi connectivity index (χ0n) is 14.2. The first-order chi connectivity index (χ1) is 12.2. The van der Waals surface area contributed by atoms with Crippen LogP contribution in [0.3, 0.4) is 0 Å². The van der Waals surface area contributed by atoms with Gasteiger partial charge in [-0.15, -0.1) is 0 Å². The molecule has 8 nitrogen and oxygen atoms in total. The number of hydrogen-bond donors (Lipinski definition) is 3. The molecule has 132 valence electrons. The van der Waals surface area contributed by atoms with Crippen LogP contribution < -0.4 is 16.0 Å². The van der Waals surface area contributed by atoms with Gasteiger partial charge in [-0.1, -0.05) is 6.07 Å². The number of aryl methyl sites for hydroxylation is 1. The molecular weight excluding hydrogens is 320 g/mol. The van der Waals surface area contributed by atoms with E-state index in [4.69, 9.17) is 4.74 Å².